The fourth-order valence-electron chi connectivity index (χ4n) is 3.65. The molecule has 1 aliphatic carbocycles. The second-order valence-electron chi connectivity index (χ2n) is 10.5. The maximum absolute atomic E-state index is 13.1. The van der Waals surface area contributed by atoms with Crippen molar-refractivity contribution in [2.45, 2.75) is 109 Å². The van der Waals surface area contributed by atoms with Gasteiger partial charge in [-0.3, -0.25) is 4.79 Å². The number of carbonyl (C=O) groups excluding carboxylic acids is 1. The Labute approximate surface area is 187 Å². The summed E-state index contributed by atoms with van der Waals surface area (Å²) in [7, 11) is -2.14. The average Bonchev–Trinajstić information content (AvgIpc) is 3.14. The molecule has 0 bridgehead atoms. The lowest BCUT2D eigenvalue weighted by Gasteiger charge is -2.41. The van der Waals surface area contributed by atoms with E-state index in [1.807, 2.05) is 6.26 Å². The summed E-state index contributed by atoms with van der Waals surface area (Å²) in [5, 5.41) is 12.4. The minimum atomic E-state index is -2.14. The first-order valence-electron chi connectivity index (χ1n) is 11.3. The molecule has 0 radical (unpaired) electrons. The van der Waals surface area contributed by atoms with Gasteiger partial charge in [-0.2, -0.15) is 0 Å². The van der Waals surface area contributed by atoms with E-state index in [-0.39, 0.29) is 22.9 Å². The zero-order chi connectivity index (χ0) is 22.5. The van der Waals surface area contributed by atoms with Gasteiger partial charge in [0.2, 0.25) is 11.8 Å². The third-order valence-electron chi connectivity index (χ3n) is 6.46. The minimum Gasteiger partial charge on any atom is -0.413 e. The van der Waals surface area contributed by atoms with Crippen LogP contribution in [0.25, 0.3) is 0 Å². The van der Waals surface area contributed by atoms with Gasteiger partial charge in [-0.05, 0) is 49.6 Å². The Morgan fingerprint density at radius 1 is 1.23 bits per heavy atom. The number of amides is 1. The van der Waals surface area contributed by atoms with Gasteiger partial charge in [0, 0.05) is 5.92 Å². The fraction of sp³-hybridized carbons (Fsp3) is 0.864. The molecule has 1 aromatic rings. The van der Waals surface area contributed by atoms with Crippen molar-refractivity contribution in [2.24, 2.45) is 11.8 Å². The largest absolute Gasteiger partial charge is 0.413 e. The van der Waals surface area contributed by atoms with Crippen molar-refractivity contribution in [3.63, 3.8) is 0 Å². The molecule has 1 aromatic heterocycles. The normalized spacial score (nSPS) is 18.4. The lowest BCUT2D eigenvalue weighted by molar-refractivity contribution is -0.127. The van der Waals surface area contributed by atoms with Gasteiger partial charge in [0.05, 0.1) is 6.04 Å². The molecule has 6 nitrogen and oxygen atoms in total. The van der Waals surface area contributed by atoms with Crippen molar-refractivity contribution >= 4 is 26.0 Å². The fourth-order valence-corrected chi connectivity index (χ4v) is 5.19. The van der Waals surface area contributed by atoms with Crippen LogP contribution in [0.2, 0.25) is 18.1 Å². The summed E-state index contributed by atoms with van der Waals surface area (Å²) in [5.74, 6) is 1.12. The van der Waals surface area contributed by atoms with Gasteiger partial charge < -0.3 is 14.2 Å². The molecule has 0 saturated heterocycles. The predicted molar refractivity (Wildman–Crippen MR) is 125 cm³/mol. The van der Waals surface area contributed by atoms with Gasteiger partial charge in [-0.25, -0.2) is 0 Å². The molecule has 2 atom stereocenters. The van der Waals surface area contributed by atoms with Crippen LogP contribution in [-0.2, 0) is 9.22 Å². The van der Waals surface area contributed by atoms with E-state index in [4.69, 9.17) is 8.84 Å². The highest BCUT2D eigenvalue weighted by Crippen LogP contribution is 2.41. The van der Waals surface area contributed by atoms with E-state index in [0.717, 1.165) is 32.1 Å². The lowest BCUT2D eigenvalue weighted by atomic mass is 9.88. The van der Waals surface area contributed by atoms with Crippen LogP contribution in [0, 0.1) is 11.8 Å². The molecule has 1 amide bonds. The molecule has 1 aliphatic rings. The third kappa shape index (κ3) is 6.82. The summed E-state index contributed by atoms with van der Waals surface area (Å²) in [5.41, 5.74) is 0. The highest BCUT2D eigenvalue weighted by molar-refractivity contribution is 7.98. The molecule has 1 fully saturated rings. The van der Waals surface area contributed by atoms with Crippen molar-refractivity contribution in [3.8, 4) is 0 Å². The van der Waals surface area contributed by atoms with E-state index >= 15 is 0 Å². The third-order valence-corrected chi connectivity index (χ3v) is 11.4. The Bertz CT molecular complexity index is 681. The molecule has 172 valence electrons. The lowest BCUT2D eigenvalue weighted by Crippen LogP contribution is -2.49. The first-order valence-corrected chi connectivity index (χ1v) is 15.4. The van der Waals surface area contributed by atoms with E-state index in [2.05, 4.69) is 63.2 Å². The number of nitrogens with one attached hydrogen (secondary N) is 1. The molecule has 0 spiro atoms. The molecule has 1 saturated carbocycles. The second kappa shape index (κ2) is 10.6. The van der Waals surface area contributed by atoms with E-state index in [1.165, 1.54) is 18.2 Å². The number of aromatic nitrogens is 2. The van der Waals surface area contributed by atoms with Gasteiger partial charge in [0.25, 0.3) is 5.22 Å². The summed E-state index contributed by atoms with van der Waals surface area (Å²) in [6, 6.07) is -0.191. The van der Waals surface area contributed by atoms with Gasteiger partial charge in [0.1, 0.15) is 6.10 Å². The highest BCUT2D eigenvalue weighted by Gasteiger charge is 2.43. The van der Waals surface area contributed by atoms with E-state index < -0.39 is 14.4 Å². The van der Waals surface area contributed by atoms with E-state index in [0.29, 0.717) is 17.0 Å². The molecule has 1 N–H and O–H groups in total. The molecule has 0 aliphatic heterocycles. The average molecular weight is 456 g/mol. The van der Waals surface area contributed by atoms with Crippen LogP contribution < -0.4 is 5.32 Å². The molecule has 1 unspecified atom stereocenters. The zero-order valence-corrected chi connectivity index (χ0v) is 21.9. The quantitative estimate of drug-likeness (QED) is 0.365. The van der Waals surface area contributed by atoms with Crippen LogP contribution in [0.4, 0.5) is 0 Å². The SMILES string of the molecule is CSc1nnc(C(O[Si](C)(C)C(C)(C)C)[C@H](CC(C)C)NC(=O)C2CCCCC2)o1. The number of carbonyl (C=O) groups is 1. The van der Waals surface area contributed by atoms with Crippen LogP contribution in [-0.4, -0.2) is 36.7 Å². The molecule has 8 heteroatoms. The van der Waals surface area contributed by atoms with Crippen LogP contribution in [0.1, 0.15) is 85.1 Å². The summed E-state index contributed by atoms with van der Waals surface area (Å²) in [6.45, 7) is 15.4. The number of rotatable bonds is 9. The van der Waals surface area contributed by atoms with Crippen LogP contribution in [0.15, 0.2) is 9.64 Å². The van der Waals surface area contributed by atoms with Gasteiger partial charge in [0.15, 0.2) is 8.32 Å². The topological polar surface area (TPSA) is 77.3 Å². The molecule has 0 aromatic carbocycles. The summed E-state index contributed by atoms with van der Waals surface area (Å²) in [4.78, 5) is 13.1. The van der Waals surface area contributed by atoms with Crippen molar-refractivity contribution in [1.82, 2.24) is 15.5 Å². The Morgan fingerprint density at radius 3 is 2.37 bits per heavy atom. The first kappa shape index (κ1) is 25.4. The maximum atomic E-state index is 13.1. The van der Waals surface area contributed by atoms with E-state index in [9.17, 15) is 4.79 Å². The van der Waals surface area contributed by atoms with Gasteiger partial charge in [-0.15, -0.1) is 10.2 Å². The zero-order valence-electron chi connectivity index (χ0n) is 20.1. The summed E-state index contributed by atoms with van der Waals surface area (Å²) in [6.07, 6.45) is 7.74. The Balaban J connectivity index is 2.34. The van der Waals surface area contributed by atoms with Crippen LogP contribution in [0.3, 0.4) is 0 Å². The molecule has 30 heavy (non-hydrogen) atoms. The Morgan fingerprint density at radius 2 is 1.87 bits per heavy atom. The maximum Gasteiger partial charge on any atom is 0.276 e. The van der Waals surface area contributed by atoms with Crippen LogP contribution in [0.5, 0.6) is 0 Å². The minimum absolute atomic E-state index is 0.0311. The Hall–Kier alpha value is -0.863. The molecular weight excluding hydrogens is 414 g/mol. The van der Waals surface area contributed by atoms with Gasteiger partial charge in [-0.1, -0.05) is 65.6 Å². The van der Waals surface area contributed by atoms with Crippen molar-refractivity contribution in [3.05, 3.63) is 5.89 Å². The predicted octanol–water partition coefficient (Wildman–Crippen LogP) is 5.97. The number of hydrogen-bond donors (Lipinski definition) is 1. The number of hydrogen-bond acceptors (Lipinski definition) is 6. The first-order chi connectivity index (χ1) is 13.9. The molecule has 1 heterocycles. The number of nitrogens with zero attached hydrogens (tertiary/aromatic N) is 2. The number of thioether (sulfide) groups is 1. The standard InChI is InChI=1S/C22H41N3O3SSi/c1-15(2)14-17(23-19(26)16-12-10-9-11-13-16)18(20-24-25-21(27-20)29-6)28-30(7,8)22(3,4)5/h15-18H,9-14H2,1-8H3,(H,23,26)/t17-,18?/m0/s1. The summed E-state index contributed by atoms with van der Waals surface area (Å²) < 4.78 is 12.7. The van der Waals surface area contributed by atoms with E-state index in [1.54, 1.807) is 0 Å². The second-order valence-corrected chi connectivity index (χ2v) is 16.0. The van der Waals surface area contributed by atoms with Crippen molar-refractivity contribution < 1.29 is 13.6 Å². The van der Waals surface area contributed by atoms with Crippen molar-refractivity contribution in [1.29, 1.82) is 0 Å². The Kier molecular flexibility index (Phi) is 9.00. The smallest absolute Gasteiger partial charge is 0.276 e. The molecular formula is C22H41N3O3SSi. The summed E-state index contributed by atoms with van der Waals surface area (Å²) >= 11 is 1.42. The molecule has 2 rings (SSSR count). The highest BCUT2D eigenvalue weighted by atomic mass is 32.2. The van der Waals surface area contributed by atoms with Crippen molar-refractivity contribution in [2.75, 3.05) is 6.26 Å². The van der Waals surface area contributed by atoms with Crippen LogP contribution >= 0.6 is 11.8 Å². The van der Waals surface area contributed by atoms with Gasteiger partial charge >= 0.3 is 0 Å². The monoisotopic (exact) mass is 455 g/mol.